The number of ether oxygens (including phenoxy) is 1. The average molecular weight is 427 g/mol. The molecule has 160 valence electrons. The zero-order chi connectivity index (χ0) is 20.9. The number of carbonyl (C=O) groups excluding carboxylic acids is 1. The highest BCUT2D eigenvalue weighted by molar-refractivity contribution is 6.30. The Labute approximate surface area is 184 Å². The van der Waals surface area contributed by atoms with E-state index < -0.39 is 0 Å². The van der Waals surface area contributed by atoms with Crippen molar-refractivity contribution in [1.82, 2.24) is 4.90 Å². The summed E-state index contributed by atoms with van der Waals surface area (Å²) in [5, 5.41) is 0.791. The van der Waals surface area contributed by atoms with Gasteiger partial charge in [-0.2, -0.15) is 0 Å². The SMILES string of the molecule is CCOC(=O)C1CCN(CCCN2c3ccccc3CCc3ccc(Cl)cc32)CC1. The van der Waals surface area contributed by atoms with E-state index in [1.807, 2.05) is 13.0 Å². The molecule has 0 atom stereocenters. The Morgan fingerprint density at radius 2 is 1.77 bits per heavy atom. The molecule has 0 amide bonds. The van der Waals surface area contributed by atoms with Gasteiger partial charge < -0.3 is 14.5 Å². The van der Waals surface area contributed by atoms with Gasteiger partial charge in [0.05, 0.1) is 12.5 Å². The quantitative estimate of drug-likeness (QED) is 0.591. The Morgan fingerprint density at radius 3 is 2.53 bits per heavy atom. The van der Waals surface area contributed by atoms with E-state index in [4.69, 9.17) is 16.3 Å². The van der Waals surface area contributed by atoms with Gasteiger partial charge in [0.25, 0.3) is 0 Å². The number of carbonyl (C=O) groups is 1. The molecule has 0 N–H and O–H groups in total. The standard InChI is InChI=1S/C25H31ClN2O2/c1-2-30-25(29)21-12-16-27(17-13-21)14-5-15-28-23-7-4-3-6-19(23)8-9-20-10-11-22(26)18-24(20)28/h3-4,6-7,10-11,18,21H,2,5,8-9,12-17H2,1H3. The van der Waals surface area contributed by atoms with Gasteiger partial charge in [0.2, 0.25) is 0 Å². The summed E-state index contributed by atoms with van der Waals surface area (Å²) in [6.45, 7) is 6.30. The van der Waals surface area contributed by atoms with Crippen LogP contribution in [-0.2, 0) is 22.4 Å². The lowest BCUT2D eigenvalue weighted by Gasteiger charge is -2.32. The number of aryl methyl sites for hydroxylation is 2. The van der Waals surface area contributed by atoms with Crippen LogP contribution in [0.25, 0.3) is 0 Å². The first-order chi connectivity index (χ1) is 14.7. The molecule has 0 aliphatic carbocycles. The van der Waals surface area contributed by atoms with Crippen LogP contribution in [-0.4, -0.2) is 43.7 Å². The molecule has 2 aromatic carbocycles. The molecule has 5 heteroatoms. The van der Waals surface area contributed by atoms with Crippen molar-refractivity contribution in [1.29, 1.82) is 0 Å². The van der Waals surface area contributed by atoms with Crippen LogP contribution in [0, 0.1) is 5.92 Å². The molecule has 0 spiro atoms. The topological polar surface area (TPSA) is 32.8 Å². The van der Waals surface area contributed by atoms with Crippen LogP contribution in [0.2, 0.25) is 5.02 Å². The Bertz CT molecular complexity index is 877. The van der Waals surface area contributed by atoms with Crippen LogP contribution in [0.3, 0.4) is 0 Å². The molecule has 0 bridgehead atoms. The van der Waals surface area contributed by atoms with Gasteiger partial charge in [-0.05, 0) is 88.0 Å². The first-order valence-electron chi connectivity index (χ1n) is 11.2. The maximum Gasteiger partial charge on any atom is 0.309 e. The van der Waals surface area contributed by atoms with E-state index in [0.29, 0.717) is 6.61 Å². The lowest BCUT2D eigenvalue weighted by molar-refractivity contribution is -0.149. The van der Waals surface area contributed by atoms with Crippen molar-refractivity contribution >= 4 is 28.9 Å². The van der Waals surface area contributed by atoms with Gasteiger partial charge in [0.1, 0.15) is 0 Å². The molecule has 0 radical (unpaired) electrons. The lowest BCUT2D eigenvalue weighted by atomic mass is 9.97. The number of rotatable bonds is 6. The summed E-state index contributed by atoms with van der Waals surface area (Å²) in [7, 11) is 0. The van der Waals surface area contributed by atoms with Crippen molar-refractivity contribution in [2.45, 2.75) is 39.0 Å². The molecule has 2 aliphatic rings. The third-order valence-electron chi connectivity index (χ3n) is 6.35. The monoisotopic (exact) mass is 426 g/mol. The van der Waals surface area contributed by atoms with Crippen LogP contribution in [0.4, 0.5) is 11.4 Å². The molecular weight excluding hydrogens is 396 g/mol. The number of halogens is 1. The second kappa shape index (κ2) is 9.84. The number of anilines is 2. The predicted molar refractivity (Wildman–Crippen MR) is 123 cm³/mol. The molecule has 4 rings (SSSR count). The third-order valence-corrected chi connectivity index (χ3v) is 6.58. The van der Waals surface area contributed by atoms with E-state index >= 15 is 0 Å². The number of para-hydroxylation sites is 1. The minimum Gasteiger partial charge on any atom is -0.466 e. The summed E-state index contributed by atoms with van der Waals surface area (Å²) in [5.41, 5.74) is 5.32. The van der Waals surface area contributed by atoms with Gasteiger partial charge >= 0.3 is 5.97 Å². The molecule has 2 aromatic rings. The van der Waals surface area contributed by atoms with Gasteiger partial charge in [-0.25, -0.2) is 0 Å². The molecule has 1 saturated heterocycles. The van der Waals surface area contributed by atoms with Crippen LogP contribution in [0.15, 0.2) is 42.5 Å². The van der Waals surface area contributed by atoms with Crippen molar-refractivity contribution in [3.63, 3.8) is 0 Å². The number of nitrogens with zero attached hydrogens (tertiary/aromatic N) is 2. The fourth-order valence-electron chi connectivity index (χ4n) is 4.73. The van der Waals surface area contributed by atoms with E-state index in [1.54, 1.807) is 0 Å². The van der Waals surface area contributed by atoms with Crippen LogP contribution >= 0.6 is 11.6 Å². The Kier molecular flexibility index (Phi) is 6.96. The Hall–Kier alpha value is -2.04. The number of esters is 1. The minimum absolute atomic E-state index is 0.0215. The summed E-state index contributed by atoms with van der Waals surface area (Å²) in [4.78, 5) is 16.9. The highest BCUT2D eigenvalue weighted by Crippen LogP contribution is 2.37. The number of hydrogen-bond acceptors (Lipinski definition) is 4. The van der Waals surface area contributed by atoms with Gasteiger partial charge in [-0.1, -0.05) is 35.9 Å². The maximum atomic E-state index is 12.0. The van der Waals surface area contributed by atoms with Gasteiger partial charge in [0.15, 0.2) is 0 Å². The number of hydrogen-bond donors (Lipinski definition) is 0. The third kappa shape index (κ3) is 4.81. The zero-order valence-corrected chi connectivity index (χ0v) is 18.5. The highest BCUT2D eigenvalue weighted by atomic mass is 35.5. The van der Waals surface area contributed by atoms with Crippen molar-refractivity contribution < 1.29 is 9.53 Å². The van der Waals surface area contributed by atoms with Crippen molar-refractivity contribution in [2.75, 3.05) is 37.7 Å². The average Bonchev–Trinajstić information content (AvgIpc) is 2.91. The summed E-state index contributed by atoms with van der Waals surface area (Å²) >= 11 is 6.37. The fraction of sp³-hybridized carbons (Fsp3) is 0.480. The number of fused-ring (bicyclic) bond motifs is 2. The van der Waals surface area contributed by atoms with Gasteiger partial charge in [-0.3, -0.25) is 4.79 Å². The molecule has 4 nitrogen and oxygen atoms in total. The van der Waals surface area contributed by atoms with Gasteiger partial charge in [-0.15, -0.1) is 0 Å². The first kappa shape index (κ1) is 21.2. The molecule has 0 unspecified atom stereocenters. The molecular formula is C25H31ClN2O2. The van der Waals surface area contributed by atoms with Crippen molar-refractivity contribution in [2.24, 2.45) is 5.92 Å². The smallest absolute Gasteiger partial charge is 0.309 e. The highest BCUT2D eigenvalue weighted by Gasteiger charge is 2.26. The summed E-state index contributed by atoms with van der Waals surface area (Å²) in [5.74, 6) is 0.0551. The maximum absolute atomic E-state index is 12.0. The van der Waals surface area contributed by atoms with Crippen LogP contribution < -0.4 is 4.90 Å². The lowest BCUT2D eigenvalue weighted by Crippen LogP contribution is -2.38. The molecule has 1 fully saturated rings. The molecule has 30 heavy (non-hydrogen) atoms. The second-order valence-electron chi connectivity index (χ2n) is 8.27. The molecule has 2 heterocycles. The van der Waals surface area contributed by atoms with E-state index in [-0.39, 0.29) is 11.9 Å². The predicted octanol–water partition coefficient (Wildman–Crippen LogP) is 5.24. The number of benzene rings is 2. The summed E-state index contributed by atoms with van der Waals surface area (Å²) < 4.78 is 5.19. The van der Waals surface area contributed by atoms with Crippen LogP contribution in [0.1, 0.15) is 37.3 Å². The molecule has 0 aromatic heterocycles. The zero-order valence-electron chi connectivity index (χ0n) is 17.8. The first-order valence-corrected chi connectivity index (χ1v) is 11.6. The number of piperidine rings is 1. The van der Waals surface area contributed by atoms with Crippen molar-refractivity contribution in [3.8, 4) is 0 Å². The van der Waals surface area contributed by atoms with Crippen molar-refractivity contribution in [3.05, 3.63) is 58.6 Å². The summed E-state index contributed by atoms with van der Waals surface area (Å²) in [6.07, 6.45) is 4.99. The normalized spacial score (nSPS) is 17.2. The number of likely N-dealkylation sites (tertiary alicyclic amines) is 1. The van der Waals surface area contributed by atoms with E-state index in [9.17, 15) is 4.79 Å². The fourth-order valence-corrected chi connectivity index (χ4v) is 4.90. The van der Waals surface area contributed by atoms with E-state index in [1.165, 1.54) is 22.5 Å². The minimum atomic E-state index is -0.0215. The van der Waals surface area contributed by atoms with Crippen LogP contribution in [0.5, 0.6) is 0 Å². The van der Waals surface area contributed by atoms with E-state index in [2.05, 4.69) is 46.2 Å². The Balaban J connectivity index is 1.40. The summed E-state index contributed by atoms with van der Waals surface area (Å²) in [6, 6.07) is 15.0. The molecule has 2 aliphatic heterocycles. The largest absolute Gasteiger partial charge is 0.466 e. The van der Waals surface area contributed by atoms with Gasteiger partial charge in [0, 0.05) is 22.9 Å². The molecule has 0 saturated carbocycles. The van der Waals surface area contributed by atoms with E-state index in [0.717, 1.165) is 63.3 Å². The second-order valence-corrected chi connectivity index (χ2v) is 8.71. The Morgan fingerprint density at radius 1 is 1.03 bits per heavy atom.